The molecule has 3 aromatic rings. The lowest BCUT2D eigenvalue weighted by Gasteiger charge is -2.33. The third-order valence-electron chi connectivity index (χ3n) is 4.20. The standard InChI is InChI=1S/C17H15Cl2N5O2/c1-10-4-14(24-17(22-10)20-9-21-24)15-8-23(2-3-26-15)16(25)11-5-12(18)7-13(19)6-11/h4-7,9,15H,2-3,8H2,1H3. The number of nitrogens with zero attached hydrogens (tertiary/aromatic N) is 5. The molecule has 4 rings (SSSR count). The van der Waals surface area contributed by atoms with Gasteiger partial charge in [0.15, 0.2) is 0 Å². The molecular formula is C17H15Cl2N5O2. The number of amides is 1. The Labute approximate surface area is 159 Å². The van der Waals surface area contributed by atoms with Gasteiger partial charge in [-0.1, -0.05) is 23.2 Å². The number of halogens is 2. The van der Waals surface area contributed by atoms with E-state index in [1.54, 1.807) is 27.6 Å². The predicted octanol–water partition coefficient (Wildman–Crippen LogP) is 2.95. The lowest BCUT2D eigenvalue weighted by Crippen LogP contribution is -2.42. The van der Waals surface area contributed by atoms with E-state index in [0.717, 1.165) is 11.4 Å². The summed E-state index contributed by atoms with van der Waals surface area (Å²) in [6, 6.07) is 6.73. The second-order valence-electron chi connectivity index (χ2n) is 6.06. The van der Waals surface area contributed by atoms with E-state index in [-0.39, 0.29) is 12.0 Å². The largest absolute Gasteiger partial charge is 0.368 e. The van der Waals surface area contributed by atoms with Crippen LogP contribution in [0.5, 0.6) is 0 Å². The number of ether oxygens (including phenoxy) is 1. The maximum Gasteiger partial charge on any atom is 0.254 e. The van der Waals surface area contributed by atoms with Gasteiger partial charge in [-0.05, 0) is 31.2 Å². The molecule has 0 bridgehead atoms. The Morgan fingerprint density at radius 1 is 1.23 bits per heavy atom. The molecule has 1 aliphatic heterocycles. The van der Waals surface area contributed by atoms with Crippen LogP contribution in [0.2, 0.25) is 10.0 Å². The van der Waals surface area contributed by atoms with E-state index >= 15 is 0 Å². The third-order valence-corrected chi connectivity index (χ3v) is 4.64. The molecule has 1 amide bonds. The summed E-state index contributed by atoms with van der Waals surface area (Å²) < 4.78 is 7.54. The van der Waals surface area contributed by atoms with Crippen molar-refractivity contribution in [1.82, 2.24) is 24.5 Å². The SMILES string of the molecule is Cc1cc(C2CN(C(=O)c3cc(Cl)cc(Cl)c3)CCO2)n2ncnc2n1. The number of rotatable bonds is 2. The monoisotopic (exact) mass is 391 g/mol. The normalized spacial score (nSPS) is 17.7. The molecule has 1 fully saturated rings. The van der Waals surface area contributed by atoms with E-state index in [9.17, 15) is 4.79 Å². The van der Waals surface area contributed by atoms with Crippen molar-refractivity contribution < 1.29 is 9.53 Å². The van der Waals surface area contributed by atoms with Crippen molar-refractivity contribution >= 4 is 34.9 Å². The molecule has 1 aliphatic rings. The molecule has 1 unspecified atom stereocenters. The van der Waals surface area contributed by atoms with Gasteiger partial charge < -0.3 is 9.64 Å². The molecule has 0 N–H and O–H groups in total. The van der Waals surface area contributed by atoms with Crippen molar-refractivity contribution in [2.75, 3.05) is 19.7 Å². The van der Waals surface area contributed by atoms with Crippen molar-refractivity contribution in [2.45, 2.75) is 13.0 Å². The second kappa shape index (κ2) is 6.83. The zero-order chi connectivity index (χ0) is 18.3. The fraction of sp³-hybridized carbons (Fsp3) is 0.294. The summed E-state index contributed by atoms with van der Waals surface area (Å²) in [6.45, 7) is 3.19. The summed E-state index contributed by atoms with van der Waals surface area (Å²) in [5.41, 5.74) is 2.08. The Balaban J connectivity index is 1.63. The number of morpholine rings is 1. The number of aryl methyl sites for hydroxylation is 1. The minimum absolute atomic E-state index is 0.136. The van der Waals surface area contributed by atoms with Crippen LogP contribution in [0.4, 0.5) is 0 Å². The van der Waals surface area contributed by atoms with Gasteiger partial charge in [0.05, 0.1) is 18.8 Å². The van der Waals surface area contributed by atoms with E-state index in [4.69, 9.17) is 27.9 Å². The molecule has 0 aliphatic carbocycles. The van der Waals surface area contributed by atoms with Gasteiger partial charge in [0.2, 0.25) is 0 Å². The lowest BCUT2D eigenvalue weighted by atomic mass is 10.1. The molecule has 0 spiro atoms. The molecule has 0 saturated carbocycles. The van der Waals surface area contributed by atoms with Gasteiger partial charge in [0.1, 0.15) is 12.4 Å². The van der Waals surface area contributed by atoms with Crippen LogP contribution in [0.15, 0.2) is 30.6 Å². The highest BCUT2D eigenvalue weighted by atomic mass is 35.5. The summed E-state index contributed by atoms with van der Waals surface area (Å²) in [4.78, 5) is 23.1. The van der Waals surface area contributed by atoms with Gasteiger partial charge in [-0.25, -0.2) is 4.98 Å². The van der Waals surface area contributed by atoms with Crippen molar-refractivity contribution in [1.29, 1.82) is 0 Å². The molecule has 1 saturated heterocycles. The van der Waals surface area contributed by atoms with Gasteiger partial charge in [-0.3, -0.25) is 4.79 Å². The van der Waals surface area contributed by atoms with E-state index in [1.807, 2.05) is 13.0 Å². The Morgan fingerprint density at radius 2 is 2.00 bits per heavy atom. The summed E-state index contributed by atoms with van der Waals surface area (Å²) in [6.07, 6.45) is 1.12. The second-order valence-corrected chi connectivity index (χ2v) is 6.94. The molecule has 7 nitrogen and oxygen atoms in total. The smallest absolute Gasteiger partial charge is 0.254 e. The molecule has 3 heterocycles. The van der Waals surface area contributed by atoms with Gasteiger partial charge in [-0.2, -0.15) is 14.6 Å². The fourth-order valence-corrected chi connectivity index (χ4v) is 3.59. The maximum atomic E-state index is 12.9. The quantitative estimate of drug-likeness (QED) is 0.671. The van der Waals surface area contributed by atoms with Gasteiger partial charge in [-0.15, -0.1) is 0 Å². The van der Waals surface area contributed by atoms with Crippen molar-refractivity contribution in [3.05, 3.63) is 57.6 Å². The number of carbonyl (C=O) groups is 1. The van der Waals surface area contributed by atoms with E-state index in [2.05, 4.69) is 15.1 Å². The Kier molecular flexibility index (Phi) is 4.52. The molecule has 134 valence electrons. The minimum atomic E-state index is -0.326. The van der Waals surface area contributed by atoms with Gasteiger partial charge in [0.25, 0.3) is 11.7 Å². The van der Waals surface area contributed by atoms with E-state index < -0.39 is 0 Å². The first-order valence-corrected chi connectivity index (χ1v) is 8.81. The highest BCUT2D eigenvalue weighted by Crippen LogP contribution is 2.25. The molecular weight excluding hydrogens is 377 g/mol. The lowest BCUT2D eigenvalue weighted by molar-refractivity contribution is -0.0257. The highest BCUT2D eigenvalue weighted by Gasteiger charge is 2.28. The molecule has 26 heavy (non-hydrogen) atoms. The average molecular weight is 392 g/mol. The van der Waals surface area contributed by atoms with Crippen molar-refractivity contribution in [3.63, 3.8) is 0 Å². The van der Waals surface area contributed by atoms with Crippen LogP contribution >= 0.6 is 23.2 Å². The topological polar surface area (TPSA) is 72.6 Å². The van der Waals surface area contributed by atoms with E-state index in [0.29, 0.717) is 41.1 Å². The first kappa shape index (κ1) is 17.2. The number of fused-ring (bicyclic) bond motifs is 1. The van der Waals surface area contributed by atoms with Crippen molar-refractivity contribution in [2.24, 2.45) is 0 Å². The molecule has 1 aromatic carbocycles. The summed E-state index contributed by atoms with van der Waals surface area (Å²) in [5.74, 6) is 0.372. The molecule has 9 heteroatoms. The number of benzene rings is 1. The summed E-state index contributed by atoms with van der Waals surface area (Å²) in [7, 11) is 0. The van der Waals surface area contributed by atoms with Crippen LogP contribution in [0.1, 0.15) is 27.8 Å². The fourth-order valence-electron chi connectivity index (χ4n) is 3.06. The number of hydrogen-bond donors (Lipinski definition) is 0. The van der Waals surface area contributed by atoms with Crippen LogP contribution in [0.3, 0.4) is 0 Å². The van der Waals surface area contributed by atoms with Crippen molar-refractivity contribution in [3.8, 4) is 0 Å². The Bertz CT molecular complexity index is 970. The number of aromatic nitrogens is 4. The van der Waals surface area contributed by atoms with Gasteiger partial charge >= 0.3 is 0 Å². The van der Waals surface area contributed by atoms with Crippen LogP contribution in [-0.2, 0) is 4.74 Å². The summed E-state index contributed by atoms with van der Waals surface area (Å²) >= 11 is 12.0. The first-order valence-electron chi connectivity index (χ1n) is 8.05. The zero-order valence-electron chi connectivity index (χ0n) is 13.9. The van der Waals surface area contributed by atoms with Gasteiger partial charge in [0, 0.05) is 27.8 Å². The first-order chi connectivity index (χ1) is 12.5. The Hall–Kier alpha value is -2.22. The average Bonchev–Trinajstić information content (AvgIpc) is 3.08. The van der Waals surface area contributed by atoms with Crippen LogP contribution in [0, 0.1) is 6.92 Å². The van der Waals surface area contributed by atoms with Crippen LogP contribution < -0.4 is 0 Å². The minimum Gasteiger partial charge on any atom is -0.368 e. The van der Waals surface area contributed by atoms with Crippen LogP contribution in [-0.4, -0.2) is 50.1 Å². The number of carbonyl (C=O) groups excluding carboxylic acids is 1. The summed E-state index contributed by atoms with van der Waals surface area (Å²) in [5, 5.41) is 5.07. The molecule has 1 atom stereocenters. The molecule has 2 aromatic heterocycles. The van der Waals surface area contributed by atoms with Crippen LogP contribution in [0.25, 0.3) is 5.78 Å². The Morgan fingerprint density at radius 3 is 2.77 bits per heavy atom. The number of hydrogen-bond acceptors (Lipinski definition) is 5. The third kappa shape index (κ3) is 3.25. The predicted molar refractivity (Wildman–Crippen MR) is 96.6 cm³/mol. The molecule has 0 radical (unpaired) electrons. The maximum absolute atomic E-state index is 12.9. The van der Waals surface area contributed by atoms with E-state index in [1.165, 1.54) is 6.33 Å². The highest BCUT2D eigenvalue weighted by molar-refractivity contribution is 6.35. The zero-order valence-corrected chi connectivity index (χ0v) is 15.4.